The zero-order chi connectivity index (χ0) is 22.8. The number of hydrogen-bond acceptors (Lipinski definition) is 7. The van der Waals surface area contributed by atoms with E-state index in [0.29, 0.717) is 35.8 Å². The summed E-state index contributed by atoms with van der Waals surface area (Å²) in [5, 5.41) is 6.14. The quantitative estimate of drug-likeness (QED) is 0.574. The van der Waals surface area contributed by atoms with Crippen molar-refractivity contribution >= 4 is 39.1 Å². The van der Waals surface area contributed by atoms with E-state index in [0.717, 1.165) is 36.1 Å². The van der Waals surface area contributed by atoms with Gasteiger partial charge in [-0.25, -0.2) is 4.98 Å². The van der Waals surface area contributed by atoms with Gasteiger partial charge in [-0.05, 0) is 43.4 Å². The molecular weight excluding hydrogens is 444 g/mol. The van der Waals surface area contributed by atoms with E-state index in [9.17, 15) is 14.4 Å². The lowest BCUT2D eigenvalue weighted by Crippen LogP contribution is -2.34. The van der Waals surface area contributed by atoms with Gasteiger partial charge < -0.3 is 20.1 Å². The van der Waals surface area contributed by atoms with Gasteiger partial charge in [0.2, 0.25) is 11.8 Å². The Bertz CT molecular complexity index is 1280. The van der Waals surface area contributed by atoms with E-state index in [1.807, 2.05) is 0 Å². The minimum Gasteiger partial charge on any atom is -0.486 e. The highest BCUT2D eigenvalue weighted by Gasteiger charge is 2.20. The molecule has 9 nitrogen and oxygen atoms in total. The lowest BCUT2D eigenvalue weighted by Gasteiger charge is -2.19. The number of rotatable bonds is 6. The molecule has 33 heavy (non-hydrogen) atoms. The zero-order valence-electron chi connectivity index (χ0n) is 18.0. The van der Waals surface area contributed by atoms with E-state index < -0.39 is 0 Å². The Balaban J connectivity index is 1.15. The molecule has 2 aliphatic rings. The minimum absolute atomic E-state index is 0.102. The van der Waals surface area contributed by atoms with E-state index in [1.54, 1.807) is 29.5 Å². The third-order valence-electron chi connectivity index (χ3n) is 5.76. The number of fused-ring (bicyclic) bond motifs is 4. The molecule has 2 N–H and O–H groups in total. The third-order valence-corrected chi connectivity index (χ3v) is 6.96. The molecule has 1 aromatic carbocycles. The summed E-state index contributed by atoms with van der Waals surface area (Å²) >= 11 is 1.58. The van der Waals surface area contributed by atoms with Crippen LogP contribution in [-0.2, 0) is 29.0 Å². The first kappa shape index (κ1) is 21.4. The lowest BCUT2D eigenvalue weighted by molar-refractivity contribution is -0.121. The van der Waals surface area contributed by atoms with Crippen LogP contribution in [0.1, 0.15) is 29.7 Å². The fraction of sp³-hybridized carbons (Fsp3) is 0.391. The van der Waals surface area contributed by atoms with Gasteiger partial charge in [0.05, 0.1) is 11.7 Å². The van der Waals surface area contributed by atoms with Crippen molar-refractivity contribution in [3.8, 4) is 11.5 Å². The maximum atomic E-state index is 13.0. The minimum atomic E-state index is -0.338. The molecule has 0 fully saturated rings. The molecule has 2 aromatic heterocycles. The number of nitrogens with zero attached hydrogens (tertiary/aromatic N) is 2. The zero-order valence-corrected chi connectivity index (χ0v) is 18.8. The SMILES string of the molecule is O=C(Cn1cnc2sc3c(c2c1=O)CCCC3)NCCC(=O)Nc1ccc2c(c1)OCCO2. The number of carbonyl (C=O) groups excluding carboxylic acids is 2. The van der Waals surface area contributed by atoms with Gasteiger partial charge in [-0.15, -0.1) is 11.3 Å². The maximum Gasteiger partial charge on any atom is 0.262 e. The van der Waals surface area contributed by atoms with Crippen LogP contribution in [0.15, 0.2) is 29.3 Å². The number of aromatic nitrogens is 2. The highest BCUT2D eigenvalue weighted by molar-refractivity contribution is 7.18. The molecule has 10 heteroatoms. The molecule has 0 saturated carbocycles. The second-order valence-electron chi connectivity index (χ2n) is 8.08. The van der Waals surface area contributed by atoms with Gasteiger partial charge in [-0.1, -0.05) is 0 Å². The number of nitrogens with one attached hydrogen (secondary N) is 2. The number of amides is 2. The molecule has 172 valence electrons. The van der Waals surface area contributed by atoms with E-state index in [1.165, 1.54) is 15.8 Å². The second kappa shape index (κ2) is 9.22. The number of carbonyl (C=O) groups is 2. The summed E-state index contributed by atoms with van der Waals surface area (Å²) in [6.45, 7) is 1.00. The summed E-state index contributed by atoms with van der Waals surface area (Å²) in [6.07, 6.45) is 5.62. The Hall–Kier alpha value is -3.40. The molecule has 1 aliphatic carbocycles. The number of aryl methyl sites for hydroxylation is 2. The molecule has 0 saturated heterocycles. The van der Waals surface area contributed by atoms with Gasteiger partial charge in [0.25, 0.3) is 5.56 Å². The van der Waals surface area contributed by atoms with Crippen LogP contribution >= 0.6 is 11.3 Å². The Morgan fingerprint density at radius 2 is 1.91 bits per heavy atom. The predicted octanol–water partition coefficient (Wildman–Crippen LogP) is 2.25. The number of ether oxygens (including phenoxy) is 2. The Morgan fingerprint density at radius 1 is 1.09 bits per heavy atom. The van der Waals surface area contributed by atoms with Crippen LogP contribution in [0.25, 0.3) is 10.2 Å². The number of hydrogen-bond donors (Lipinski definition) is 2. The molecule has 0 bridgehead atoms. The first-order valence-electron chi connectivity index (χ1n) is 11.0. The van der Waals surface area contributed by atoms with E-state index in [4.69, 9.17) is 9.47 Å². The molecular formula is C23H24N4O5S. The monoisotopic (exact) mass is 468 g/mol. The van der Waals surface area contributed by atoms with Crippen LogP contribution in [0.5, 0.6) is 11.5 Å². The van der Waals surface area contributed by atoms with Crippen molar-refractivity contribution in [3.63, 3.8) is 0 Å². The summed E-state index contributed by atoms with van der Waals surface area (Å²) in [4.78, 5) is 43.9. The van der Waals surface area contributed by atoms with Gasteiger partial charge in [-0.3, -0.25) is 19.0 Å². The van der Waals surface area contributed by atoms with Gasteiger partial charge in [0, 0.05) is 29.6 Å². The van der Waals surface area contributed by atoms with Crippen molar-refractivity contribution in [1.29, 1.82) is 0 Å². The molecule has 5 rings (SSSR count). The summed E-state index contributed by atoms with van der Waals surface area (Å²) < 4.78 is 12.3. The van der Waals surface area contributed by atoms with Crippen LogP contribution in [0.4, 0.5) is 5.69 Å². The molecule has 2 amide bonds. The summed E-state index contributed by atoms with van der Waals surface area (Å²) in [6, 6.07) is 5.20. The summed E-state index contributed by atoms with van der Waals surface area (Å²) in [5.41, 5.74) is 1.52. The van der Waals surface area contributed by atoms with Crippen molar-refractivity contribution in [2.24, 2.45) is 0 Å². The van der Waals surface area contributed by atoms with Crippen LogP contribution in [-0.4, -0.2) is 41.1 Å². The third kappa shape index (κ3) is 4.56. The summed E-state index contributed by atoms with van der Waals surface area (Å²) in [5.74, 6) is 0.666. The first-order valence-corrected chi connectivity index (χ1v) is 11.9. The highest BCUT2D eigenvalue weighted by Crippen LogP contribution is 2.34. The van der Waals surface area contributed by atoms with Crippen molar-refractivity contribution in [2.75, 3.05) is 25.1 Å². The van der Waals surface area contributed by atoms with E-state index in [-0.39, 0.29) is 36.9 Å². The molecule has 3 heterocycles. The van der Waals surface area contributed by atoms with Crippen LogP contribution in [0.2, 0.25) is 0 Å². The van der Waals surface area contributed by atoms with E-state index in [2.05, 4.69) is 15.6 Å². The van der Waals surface area contributed by atoms with Crippen molar-refractivity contribution < 1.29 is 19.1 Å². The fourth-order valence-electron chi connectivity index (χ4n) is 4.16. The number of thiophene rings is 1. The van der Waals surface area contributed by atoms with E-state index >= 15 is 0 Å². The van der Waals surface area contributed by atoms with Crippen molar-refractivity contribution in [3.05, 3.63) is 45.3 Å². The standard InChI is InChI=1S/C23H24N4O5S/c28-19(26-14-5-6-16-17(11-14)32-10-9-31-16)7-8-24-20(29)12-27-13-25-22-21(23(27)30)15-3-1-2-4-18(15)33-22/h5-6,11,13H,1-4,7-10,12H2,(H,24,29)(H,26,28). The number of benzene rings is 1. The van der Waals surface area contributed by atoms with Crippen molar-refractivity contribution in [2.45, 2.75) is 38.6 Å². The summed E-state index contributed by atoms with van der Waals surface area (Å²) in [7, 11) is 0. The highest BCUT2D eigenvalue weighted by atomic mass is 32.1. The van der Waals surface area contributed by atoms with Crippen molar-refractivity contribution in [1.82, 2.24) is 14.9 Å². The van der Waals surface area contributed by atoms with Gasteiger partial charge in [0.1, 0.15) is 24.6 Å². The van der Waals surface area contributed by atoms with Crippen LogP contribution in [0.3, 0.4) is 0 Å². The molecule has 1 aliphatic heterocycles. The first-order chi connectivity index (χ1) is 16.1. The second-order valence-corrected chi connectivity index (χ2v) is 9.16. The maximum absolute atomic E-state index is 13.0. The fourth-order valence-corrected chi connectivity index (χ4v) is 5.38. The molecule has 0 radical (unpaired) electrons. The number of anilines is 1. The van der Waals surface area contributed by atoms with Gasteiger partial charge in [-0.2, -0.15) is 0 Å². The lowest BCUT2D eigenvalue weighted by atomic mass is 9.97. The smallest absolute Gasteiger partial charge is 0.262 e. The van der Waals surface area contributed by atoms with Gasteiger partial charge in [0.15, 0.2) is 11.5 Å². The topological polar surface area (TPSA) is 112 Å². The Kier molecular flexibility index (Phi) is 5.99. The Labute approximate surface area is 193 Å². The van der Waals surface area contributed by atoms with Crippen LogP contribution in [0, 0.1) is 0 Å². The van der Waals surface area contributed by atoms with Crippen LogP contribution < -0.4 is 25.7 Å². The predicted molar refractivity (Wildman–Crippen MR) is 124 cm³/mol. The molecule has 0 spiro atoms. The normalized spacial score (nSPS) is 14.5. The average molecular weight is 469 g/mol. The van der Waals surface area contributed by atoms with Gasteiger partial charge >= 0.3 is 0 Å². The largest absolute Gasteiger partial charge is 0.486 e. The average Bonchev–Trinajstić information content (AvgIpc) is 3.20. The Morgan fingerprint density at radius 3 is 2.79 bits per heavy atom. The molecule has 0 unspecified atom stereocenters. The molecule has 3 aromatic rings. The molecule has 0 atom stereocenters.